The molecular formula is C62H78N16O12S2. The number of nitrogens with one attached hydrogen (secondary N) is 6. The summed E-state index contributed by atoms with van der Waals surface area (Å²) in [5, 5.41) is 25.0. The second-order valence-corrected chi connectivity index (χ2v) is 27.4. The minimum absolute atomic E-state index is 0.0323. The zero-order valence-corrected chi connectivity index (χ0v) is 54.3. The van der Waals surface area contributed by atoms with Crippen LogP contribution in [-0.4, -0.2) is 182 Å². The Morgan fingerprint density at radius 1 is 0.543 bits per heavy atom. The van der Waals surface area contributed by atoms with Crippen LogP contribution >= 0.6 is 0 Å². The molecule has 490 valence electrons. The molecule has 0 aliphatic carbocycles. The Balaban J connectivity index is 0.000000202. The molecule has 4 aliphatic rings. The summed E-state index contributed by atoms with van der Waals surface area (Å²) in [7, 11) is -5.13. The first-order valence-corrected chi connectivity index (χ1v) is 32.9. The normalized spacial score (nSPS) is 17.2. The van der Waals surface area contributed by atoms with E-state index < -0.39 is 44.5 Å². The van der Waals surface area contributed by atoms with Gasteiger partial charge in [0.1, 0.15) is 36.3 Å². The van der Waals surface area contributed by atoms with Gasteiger partial charge in [-0.2, -0.15) is 27.0 Å². The molecule has 92 heavy (non-hydrogen) atoms. The molecule has 0 spiro atoms. The van der Waals surface area contributed by atoms with E-state index in [0.717, 1.165) is 118 Å². The van der Waals surface area contributed by atoms with Crippen LogP contribution in [0.4, 0.5) is 42.2 Å². The van der Waals surface area contributed by atoms with Gasteiger partial charge < -0.3 is 29.6 Å². The fraction of sp³-hybridized carbons (Fsp3) is 0.387. The van der Waals surface area contributed by atoms with Gasteiger partial charge in [0.15, 0.2) is 0 Å². The van der Waals surface area contributed by atoms with Gasteiger partial charge in [0, 0.05) is 92.8 Å². The molecule has 8 amide bonds. The van der Waals surface area contributed by atoms with Crippen LogP contribution in [0, 0.1) is 0 Å². The number of morpholine rings is 2. The third-order valence-electron chi connectivity index (χ3n) is 15.5. The maximum Gasteiger partial charge on any atom is 0.347 e. The first-order valence-electron chi connectivity index (χ1n) is 30.0. The van der Waals surface area contributed by atoms with Crippen molar-refractivity contribution in [1.29, 1.82) is 0 Å². The molecule has 28 nitrogen and oxygen atoms in total. The minimum atomic E-state index is -3.95. The molecule has 4 aliphatic heterocycles. The van der Waals surface area contributed by atoms with Crippen molar-refractivity contribution in [2.24, 2.45) is 0 Å². The highest BCUT2D eigenvalue weighted by atomic mass is 32.2. The fourth-order valence-corrected chi connectivity index (χ4v) is 12.5. The number of rotatable bonds is 18. The summed E-state index contributed by atoms with van der Waals surface area (Å²) in [6.45, 7) is 21.5. The van der Waals surface area contributed by atoms with Crippen molar-refractivity contribution in [1.82, 2.24) is 57.7 Å². The number of ether oxygens (including phenoxy) is 4. The molecule has 0 atom stereocenters. The summed E-state index contributed by atoms with van der Waals surface area (Å²) in [6, 6.07) is 34.1. The van der Waals surface area contributed by atoms with E-state index in [9.17, 15) is 36.0 Å². The summed E-state index contributed by atoms with van der Waals surface area (Å²) in [5.41, 5.74) is 4.79. The number of carbonyl (C=O) groups is 4. The Morgan fingerprint density at radius 3 is 1.41 bits per heavy atom. The molecular weight excluding hydrogens is 1220 g/mol. The number of urea groups is 4. The third-order valence-corrected chi connectivity index (χ3v) is 18.2. The quantitative estimate of drug-likeness (QED) is 0.0486. The highest BCUT2D eigenvalue weighted by molar-refractivity contribution is 7.88. The Bertz CT molecular complexity index is 4010. The standard InChI is InChI=1S/C33H40N8O6S.C29H38N8O6S/c1-33(2,3)29-21-30(41(36-29)24-11-9-23(10-12-24)22-40-38(4)32(43)37-48(40,44)45)35-31(42)34-27-13-14-28(26-8-6-5-7-25(26)27)47-20-17-39-15-18-46-19-16-39;1-29(2,3)25-19-26(31-27(38)30-22-7-11-24(12-8-22)43-18-15-35-13-16-42-17-14-35)37(32-25)23-9-5-21(6-10-23)20-36-34(4)28(39)33-44(36,40)41/h5-14,21H,15-20,22H2,1-4H3,(H,37,43)(H2,34,35,42);5-12,19H,13-18,20H2,1-4H3,(H,33,39)(H2,30,31,38). The van der Waals surface area contributed by atoms with Gasteiger partial charge in [-0.25, -0.2) is 48.0 Å². The van der Waals surface area contributed by atoms with Crippen molar-refractivity contribution in [2.75, 3.05) is 114 Å². The van der Waals surface area contributed by atoms with E-state index in [-0.39, 0.29) is 23.9 Å². The molecule has 11 rings (SSSR count). The van der Waals surface area contributed by atoms with Crippen LogP contribution in [0.15, 0.2) is 121 Å². The topological polar surface area (TPSA) is 301 Å². The lowest BCUT2D eigenvalue weighted by molar-refractivity contribution is 0.0322. The molecule has 30 heteroatoms. The minimum Gasteiger partial charge on any atom is -0.492 e. The van der Waals surface area contributed by atoms with Crippen molar-refractivity contribution in [3.8, 4) is 22.9 Å². The number of hydrogen-bond donors (Lipinski definition) is 6. The van der Waals surface area contributed by atoms with E-state index in [1.165, 1.54) is 14.1 Å². The van der Waals surface area contributed by atoms with E-state index in [0.29, 0.717) is 58.7 Å². The van der Waals surface area contributed by atoms with Crippen LogP contribution in [-0.2, 0) is 53.8 Å². The fourth-order valence-electron chi connectivity index (χ4n) is 10.1. The lowest BCUT2D eigenvalue weighted by atomic mass is 9.92. The summed E-state index contributed by atoms with van der Waals surface area (Å²) < 4.78 is 81.0. The Kier molecular flexibility index (Phi) is 20.0. The highest BCUT2D eigenvalue weighted by Crippen LogP contribution is 2.34. The number of hydrazine groups is 2. The predicted octanol–water partition coefficient (Wildman–Crippen LogP) is 7.44. The van der Waals surface area contributed by atoms with Crippen molar-refractivity contribution in [3.05, 3.63) is 144 Å². The van der Waals surface area contributed by atoms with Gasteiger partial charge in [-0.1, -0.05) is 98.9 Å². The summed E-state index contributed by atoms with van der Waals surface area (Å²) in [5.74, 6) is 2.38. The molecule has 2 aromatic heterocycles. The lowest BCUT2D eigenvalue weighted by Crippen LogP contribution is -2.38. The SMILES string of the molecule is CN1C(=O)NS(=O)(=O)N1Cc1ccc(-n2nc(C(C)(C)C)cc2NC(=O)Nc2ccc(OCCN3CCOCC3)c3ccccc23)cc1.CN1C(=O)NS(=O)(=O)N1Cc1ccc(-n2nc(C(C)(C)C)cc2NC(=O)Nc2ccc(OCCN3CCOCC3)cc2)cc1. The van der Waals surface area contributed by atoms with Crippen LogP contribution in [0.2, 0.25) is 0 Å². The molecule has 6 heterocycles. The van der Waals surface area contributed by atoms with Crippen molar-refractivity contribution in [2.45, 2.75) is 65.5 Å². The number of hydrogen-bond acceptors (Lipinski definition) is 16. The van der Waals surface area contributed by atoms with E-state index in [1.807, 2.05) is 112 Å². The summed E-state index contributed by atoms with van der Waals surface area (Å²) >= 11 is 0. The van der Waals surface area contributed by atoms with Crippen molar-refractivity contribution >= 4 is 78.3 Å². The molecule has 5 aromatic carbocycles. The number of carbonyl (C=O) groups excluding carboxylic acids is 4. The van der Waals surface area contributed by atoms with Crippen LogP contribution in [0.5, 0.6) is 11.5 Å². The van der Waals surface area contributed by atoms with Gasteiger partial charge in [-0.15, -0.1) is 0 Å². The molecule has 4 saturated heterocycles. The van der Waals surface area contributed by atoms with E-state index in [1.54, 1.807) is 70.0 Å². The van der Waals surface area contributed by atoms with Crippen LogP contribution in [0.25, 0.3) is 22.1 Å². The molecule has 7 aromatic rings. The van der Waals surface area contributed by atoms with Gasteiger partial charge >= 0.3 is 44.5 Å². The predicted molar refractivity (Wildman–Crippen MR) is 347 cm³/mol. The first kappa shape index (κ1) is 66.1. The maximum absolute atomic E-state index is 13.5. The average Bonchev–Trinajstić information content (AvgIpc) is 2.15. The van der Waals surface area contributed by atoms with Gasteiger partial charge in [-0.05, 0) is 71.8 Å². The van der Waals surface area contributed by atoms with E-state index in [2.05, 4.69) is 31.1 Å². The highest BCUT2D eigenvalue weighted by Gasteiger charge is 2.40. The van der Waals surface area contributed by atoms with Crippen LogP contribution < -0.4 is 40.2 Å². The van der Waals surface area contributed by atoms with Gasteiger partial charge in [0.2, 0.25) is 0 Å². The second-order valence-electron chi connectivity index (χ2n) is 24.3. The third kappa shape index (κ3) is 16.2. The van der Waals surface area contributed by atoms with Crippen molar-refractivity contribution < 1.29 is 55.0 Å². The van der Waals surface area contributed by atoms with E-state index in [4.69, 9.17) is 29.1 Å². The second kappa shape index (κ2) is 27.9. The molecule has 0 unspecified atom stereocenters. The van der Waals surface area contributed by atoms with Gasteiger partial charge in [0.05, 0.1) is 68.0 Å². The average molecular weight is 1300 g/mol. The monoisotopic (exact) mass is 1300 g/mol. The zero-order chi connectivity index (χ0) is 65.5. The molecule has 0 saturated carbocycles. The molecule has 0 radical (unpaired) electrons. The zero-order valence-electron chi connectivity index (χ0n) is 52.6. The number of benzene rings is 5. The van der Waals surface area contributed by atoms with E-state index >= 15 is 0 Å². The largest absolute Gasteiger partial charge is 0.492 e. The smallest absolute Gasteiger partial charge is 0.347 e. The summed E-state index contributed by atoms with van der Waals surface area (Å²) in [4.78, 5) is 54.7. The Morgan fingerprint density at radius 2 is 0.978 bits per heavy atom. The molecule has 6 N–H and O–H groups in total. The van der Waals surface area contributed by atoms with Crippen LogP contribution in [0.3, 0.4) is 0 Å². The van der Waals surface area contributed by atoms with Gasteiger partial charge in [-0.3, -0.25) is 20.4 Å². The number of nitrogens with zero attached hydrogens (tertiary/aromatic N) is 10. The Hall–Kier alpha value is -8.88. The number of fused-ring (bicyclic) bond motifs is 1. The first-order chi connectivity index (χ1) is 43.8. The maximum atomic E-state index is 13.5. The van der Waals surface area contributed by atoms with Crippen LogP contribution in [0.1, 0.15) is 64.1 Å². The summed E-state index contributed by atoms with van der Waals surface area (Å²) in [6.07, 6.45) is 0. The lowest BCUT2D eigenvalue weighted by Gasteiger charge is -2.26. The number of anilines is 4. The number of aromatic nitrogens is 4. The number of amides is 8. The Labute approximate surface area is 535 Å². The van der Waals surface area contributed by atoms with Gasteiger partial charge in [0.25, 0.3) is 0 Å². The molecule has 0 bridgehead atoms. The molecule has 4 fully saturated rings. The van der Waals surface area contributed by atoms with Crippen molar-refractivity contribution in [3.63, 3.8) is 0 Å².